The zero-order valence-corrected chi connectivity index (χ0v) is 13.0. The fourth-order valence-corrected chi connectivity index (χ4v) is 2.70. The Labute approximate surface area is 126 Å². The number of rotatable bonds is 6. The number of benzene rings is 1. The van der Waals surface area contributed by atoms with Gasteiger partial charge in [-0.1, -0.05) is 42.5 Å². The molecule has 1 fully saturated rings. The maximum atomic E-state index is 12.9. The summed E-state index contributed by atoms with van der Waals surface area (Å²) in [5.41, 5.74) is 6.40. The molecule has 2 rings (SSSR count). The van der Waals surface area contributed by atoms with Crippen LogP contribution in [0.2, 0.25) is 0 Å². The molecule has 0 aliphatic heterocycles. The van der Waals surface area contributed by atoms with Crippen molar-refractivity contribution in [2.75, 3.05) is 6.54 Å². The highest BCUT2D eigenvalue weighted by Gasteiger charge is 2.53. The molecule has 4 heteroatoms. The molecular formula is C16H22N2OS. The summed E-state index contributed by atoms with van der Waals surface area (Å²) in [7, 11) is 0. The molecule has 108 valence electrons. The molecule has 2 N–H and O–H groups in total. The number of nitrogens with two attached hydrogens (primary N) is 1. The molecule has 0 radical (unpaired) electrons. The summed E-state index contributed by atoms with van der Waals surface area (Å²) in [5.74, 6) is 0.218. The van der Waals surface area contributed by atoms with Crippen LogP contribution in [0, 0.1) is 0 Å². The van der Waals surface area contributed by atoms with Gasteiger partial charge in [0.05, 0.1) is 10.4 Å². The van der Waals surface area contributed by atoms with E-state index in [1.54, 1.807) is 0 Å². The number of thiocarbonyl (C=S) groups is 1. The number of hydrogen-bond acceptors (Lipinski definition) is 2. The van der Waals surface area contributed by atoms with Crippen molar-refractivity contribution in [1.29, 1.82) is 0 Å². The van der Waals surface area contributed by atoms with Crippen molar-refractivity contribution in [2.24, 2.45) is 5.73 Å². The quantitative estimate of drug-likeness (QED) is 0.819. The van der Waals surface area contributed by atoms with Gasteiger partial charge in [0.1, 0.15) is 0 Å². The first-order valence-corrected chi connectivity index (χ1v) is 7.53. The summed E-state index contributed by atoms with van der Waals surface area (Å²) in [6, 6.07) is 10.2. The van der Waals surface area contributed by atoms with Crippen LogP contribution in [0.5, 0.6) is 0 Å². The van der Waals surface area contributed by atoms with Gasteiger partial charge >= 0.3 is 0 Å². The third kappa shape index (κ3) is 3.01. The lowest BCUT2D eigenvalue weighted by Gasteiger charge is -2.31. The second-order valence-corrected chi connectivity index (χ2v) is 6.28. The molecule has 0 unspecified atom stereocenters. The Kier molecular flexibility index (Phi) is 4.43. The van der Waals surface area contributed by atoms with Gasteiger partial charge in [0.25, 0.3) is 0 Å². The third-order valence-corrected chi connectivity index (χ3v) is 4.17. The minimum Gasteiger partial charge on any atom is -0.393 e. The van der Waals surface area contributed by atoms with Gasteiger partial charge in [-0.2, -0.15) is 0 Å². The molecule has 3 nitrogen and oxygen atoms in total. The summed E-state index contributed by atoms with van der Waals surface area (Å²) < 4.78 is 0. The van der Waals surface area contributed by atoms with Crippen LogP contribution in [0.25, 0.3) is 0 Å². The number of amides is 1. The van der Waals surface area contributed by atoms with E-state index < -0.39 is 0 Å². The molecule has 1 aliphatic rings. The number of nitrogens with zero attached hydrogens (tertiary/aromatic N) is 1. The van der Waals surface area contributed by atoms with Crippen LogP contribution in [-0.2, 0) is 10.2 Å². The molecule has 0 heterocycles. The second-order valence-electron chi connectivity index (χ2n) is 5.76. The fraction of sp³-hybridized carbons (Fsp3) is 0.500. The van der Waals surface area contributed by atoms with E-state index in [2.05, 4.69) is 12.1 Å². The monoisotopic (exact) mass is 290 g/mol. The van der Waals surface area contributed by atoms with E-state index in [0.29, 0.717) is 18.0 Å². The SMILES string of the molecule is CC(C)N(CCC(N)=S)C(=O)C1(c2ccccc2)CC1. The lowest BCUT2D eigenvalue weighted by Crippen LogP contribution is -2.44. The summed E-state index contributed by atoms with van der Waals surface area (Å²) in [5, 5.41) is 0. The molecule has 0 saturated heterocycles. The molecule has 1 aromatic rings. The van der Waals surface area contributed by atoms with Gasteiger partial charge in [0.2, 0.25) is 5.91 Å². The topological polar surface area (TPSA) is 46.3 Å². The molecule has 1 aromatic carbocycles. The minimum atomic E-state index is -0.304. The van der Waals surface area contributed by atoms with E-state index in [1.165, 1.54) is 0 Å². The van der Waals surface area contributed by atoms with Gasteiger partial charge in [-0.25, -0.2) is 0 Å². The van der Waals surface area contributed by atoms with Crippen molar-refractivity contribution in [3.63, 3.8) is 0 Å². The molecular weight excluding hydrogens is 268 g/mol. The number of carbonyl (C=O) groups is 1. The van der Waals surface area contributed by atoms with Gasteiger partial charge in [-0.3, -0.25) is 4.79 Å². The zero-order chi connectivity index (χ0) is 14.8. The van der Waals surface area contributed by atoms with Crippen LogP contribution in [0.15, 0.2) is 30.3 Å². The van der Waals surface area contributed by atoms with Crippen LogP contribution >= 0.6 is 12.2 Å². The Bertz CT molecular complexity index is 494. The smallest absolute Gasteiger partial charge is 0.233 e. The van der Waals surface area contributed by atoms with E-state index >= 15 is 0 Å². The highest BCUT2D eigenvalue weighted by Crippen LogP contribution is 2.49. The Morgan fingerprint density at radius 2 is 1.95 bits per heavy atom. The molecule has 0 atom stereocenters. The highest BCUT2D eigenvalue weighted by molar-refractivity contribution is 7.80. The van der Waals surface area contributed by atoms with Crippen molar-refractivity contribution in [3.05, 3.63) is 35.9 Å². The van der Waals surface area contributed by atoms with Crippen molar-refractivity contribution >= 4 is 23.1 Å². The normalized spacial score (nSPS) is 15.9. The first kappa shape index (κ1) is 15.0. The lowest BCUT2D eigenvalue weighted by molar-refractivity contribution is -0.135. The van der Waals surface area contributed by atoms with E-state index in [4.69, 9.17) is 18.0 Å². The van der Waals surface area contributed by atoms with Gasteiger partial charge in [-0.15, -0.1) is 0 Å². The maximum absolute atomic E-state index is 12.9. The fourth-order valence-electron chi connectivity index (χ4n) is 2.61. The Morgan fingerprint density at radius 3 is 2.40 bits per heavy atom. The Morgan fingerprint density at radius 1 is 1.35 bits per heavy atom. The molecule has 0 aromatic heterocycles. The predicted octanol–water partition coefficient (Wildman–Crippen LogP) is 2.63. The molecule has 20 heavy (non-hydrogen) atoms. The molecule has 1 saturated carbocycles. The van der Waals surface area contributed by atoms with Crippen molar-refractivity contribution in [3.8, 4) is 0 Å². The van der Waals surface area contributed by atoms with Crippen LogP contribution < -0.4 is 5.73 Å². The average Bonchev–Trinajstić information content (AvgIpc) is 3.20. The standard InChI is InChI=1S/C16H22N2OS/c1-12(2)18(11-8-14(17)20)15(19)16(9-10-16)13-6-4-3-5-7-13/h3-7,12H,8-11H2,1-2H3,(H2,17,20). The van der Waals surface area contributed by atoms with E-state index in [0.717, 1.165) is 18.4 Å². The second kappa shape index (κ2) is 5.92. The lowest BCUT2D eigenvalue weighted by atomic mass is 9.93. The van der Waals surface area contributed by atoms with E-state index in [-0.39, 0.29) is 17.4 Å². The van der Waals surface area contributed by atoms with Gasteiger partial charge < -0.3 is 10.6 Å². The number of carbonyl (C=O) groups excluding carboxylic acids is 1. The first-order valence-electron chi connectivity index (χ1n) is 7.12. The molecule has 0 spiro atoms. The van der Waals surface area contributed by atoms with E-state index in [1.807, 2.05) is 36.9 Å². The minimum absolute atomic E-state index is 0.165. The Balaban J connectivity index is 2.17. The van der Waals surface area contributed by atoms with E-state index in [9.17, 15) is 4.79 Å². The van der Waals surface area contributed by atoms with Crippen LogP contribution in [0.1, 0.15) is 38.7 Å². The van der Waals surface area contributed by atoms with Crippen molar-refractivity contribution in [1.82, 2.24) is 4.90 Å². The summed E-state index contributed by atoms with van der Waals surface area (Å²) in [6.07, 6.45) is 2.46. The maximum Gasteiger partial charge on any atom is 0.233 e. The molecule has 1 amide bonds. The van der Waals surface area contributed by atoms with Crippen LogP contribution in [0.4, 0.5) is 0 Å². The van der Waals surface area contributed by atoms with Crippen molar-refractivity contribution in [2.45, 2.75) is 44.6 Å². The van der Waals surface area contributed by atoms with Gasteiger partial charge in [-0.05, 0) is 32.3 Å². The highest BCUT2D eigenvalue weighted by atomic mass is 32.1. The third-order valence-electron chi connectivity index (χ3n) is 3.97. The average molecular weight is 290 g/mol. The van der Waals surface area contributed by atoms with Crippen molar-refractivity contribution < 1.29 is 4.79 Å². The summed E-state index contributed by atoms with van der Waals surface area (Å²) in [6.45, 7) is 4.69. The zero-order valence-electron chi connectivity index (χ0n) is 12.1. The van der Waals surface area contributed by atoms with Crippen LogP contribution in [-0.4, -0.2) is 28.4 Å². The summed E-state index contributed by atoms with van der Waals surface area (Å²) >= 11 is 4.93. The first-order chi connectivity index (χ1) is 9.47. The molecule has 0 bridgehead atoms. The van der Waals surface area contributed by atoms with Crippen LogP contribution in [0.3, 0.4) is 0 Å². The largest absolute Gasteiger partial charge is 0.393 e. The van der Waals surface area contributed by atoms with Gasteiger partial charge in [0.15, 0.2) is 0 Å². The predicted molar refractivity (Wildman–Crippen MR) is 85.6 cm³/mol. The van der Waals surface area contributed by atoms with Gasteiger partial charge in [0, 0.05) is 19.0 Å². The summed E-state index contributed by atoms with van der Waals surface area (Å²) in [4.78, 5) is 15.3. The Hall–Kier alpha value is -1.42. The number of hydrogen-bond donors (Lipinski definition) is 1. The molecule has 1 aliphatic carbocycles.